The van der Waals surface area contributed by atoms with Gasteiger partial charge in [-0.2, -0.15) is 0 Å². The summed E-state index contributed by atoms with van der Waals surface area (Å²) in [5.41, 5.74) is 5.12. The van der Waals surface area contributed by atoms with Gasteiger partial charge in [0.05, 0.1) is 5.69 Å². The largest absolute Gasteiger partial charge is 0.573 e. The molecule has 5 rings (SSSR count). The van der Waals surface area contributed by atoms with E-state index in [1.54, 1.807) is 0 Å². The van der Waals surface area contributed by atoms with Crippen LogP contribution in [0.5, 0.6) is 5.75 Å². The average Bonchev–Trinajstić information content (AvgIpc) is 3.42. The van der Waals surface area contributed by atoms with Crippen LogP contribution in [0.4, 0.5) is 13.2 Å². The van der Waals surface area contributed by atoms with Crippen LogP contribution in [0.2, 0.25) is 5.02 Å². The van der Waals surface area contributed by atoms with Crippen molar-refractivity contribution in [1.29, 1.82) is 0 Å². The Labute approximate surface area is 223 Å². The van der Waals surface area contributed by atoms with Crippen LogP contribution in [0.25, 0.3) is 17.1 Å². The number of hydrogen-bond donors (Lipinski definition) is 0. The van der Waals surface area contributed by atoms with Crippen molar-refractivity contribution < 1.29 is 17.9 Å². The van der Waals surface area contributed by atoms with Gasteiger partial charge in [0, 0.05) is 17.0 Å². The lowest BCUT2D eigenvalue weighted by atomic mass is 10.00. The smallest absolute Gasteiger partial charge is 0.406 e. The molecule has 0 aliphatic heterocycles. The van der Waals surface area contributed by atoms with Crippen molar-refractivity contribution in [2.75, 3.05) is 0 Å². The number of rotatable bonds is 8. The highest BCUT2D eigenvalue weighted by atomic mass is 35.5. The molecule has 9 heteroatoms. The van der Waals surface area contributed by atoms with Crippen molar-refractivity contribution in [3.63, 3.8) is 0 Å². The van der Waals surface area contributed by atoms with E-state index < -0.39 is 6.36 Å². The molecule has 0 radical (unpaired) electrons. The number of thiocarbonyl (C=S) groups is 1. The van der Waals surface area contributed by atoms with Gasteiger partial charge in [0.25, 0.3) is 0 Å². The minimum absolute atomic E-state index is 0.286. The molecule has 3 aromatic carbocycles. The Bertz CT molecular complexity index is 1420. The fourth-order valence-electron chi connectivity index (χ4n) is 4.52. The van der Waals surface area contributed by atoms with E-state index in [4.69, 9.17) is 23.8 Å². The molecular weight excluding hydrogens is 519 g/mol. The quantitative estimate of drug-likeness (QED) is 0.213. The summed E-state index contributed by atoms with van der Waals surface area (Å²) in [5, 5.41) is 5.21. The number of hydrogen-bond acceptors (Lipinski definition) is 4. The van der Waals surface area contributed by atoms with E-state index in [-0.39, 0.29) is 5.75 Å². The molecule has 1 aliphatic carbocycles. The minimum Gasteiger partial charge on any atom is -0.406 e. The molecule has 1 aliphatic rings. The molecule has 0 amide bonds. The Morgan fingerprint density at radius 2 is 1.81 bits per heavy atom. The van der Waals surface area contributed by atoms with Crippen LogP contribution in [0, 0.1) is 12.8 Å². The third-order valence-corrected chi connectivity index (χ3v) is 7.07. The standard InChI is InChI=1S/C28H23ClF3N3OS/c1-17-12-22(29)7-6-20(17)13-25(37)14-21-15-26(21)18-2-4-19(5-3-18)27-33-16-35(34-27)23-8-10-24(11-9-23)36-28(30,31)32/h2-12,16,21,26H,13-15H2,1H3. The van der Waals surface area contributed by atoms with Crippen LogP contribution >= 0.6 is 23.8 Å². The highest BCUT2D eigenvalue weighted by Gasteiger charge is 2.38. The highest BCUT2D eigenvalue weighted by Crippen LogP contribution is 2.50. The number of aryl methyl sites for hydroxylation is 1. The monoisotopic (exact) mass is 541 g/mol. The maximum Gasteiger partial charge on any atom is 0.573 e. The fourth-order valence-corrected chi connectivity index (χ4v) is 5.11. The SMILES string of the molecule is Cc1cc(Cl)ccc1CC(=S)CC1CC1c1ccc(-c2ncn(-c3ccc(OC(F)(F)F)cc3)n2)cc1. The van der Waals surface area contributed by atoms with Gasteiger partial charge >= 0.3 is 6.36 Å². The lowest BCUT2D eigenvalue weighted by molar-refractivity contribution is -0.274. The van der Waals surface area contributed by atoms with Gasteiger partial charge in [0.1, 0.15) is 12.1 Å². The summed E-state index contributed by atoms with van der Waals surface area (Å²) in [7, 11) is 0. The molecule has 1 heterocycles. The molecule has 37 heavy (non-hydrogen) atoms. The first-order valence-corrected chi connectivity index (χ1v) is 12.6. The molecule has 2 atom stereocenters. The zero-order chi connectivity index (χ0) is 26.2. The van der Waals surface area contributed by atoms with E-state index >= 15 is 0 Å². The van der Waals surface area contributed by atoms with Crippen LogP contribution in [0.3, 0.4) is 0 Å². The average molecular weight is 542 g/mol. The summed E-state index contributed by atoms with van der Waals surface area (Å²) in [6, 6.07) is 19.6. The summed E-state index contributed by atoms with van der Waals surface area (Å²) in [6.07, 6.45) is -0.338. The van der Waals surface area contributed by atoms with Gasteiger partial charge in [-0.25, -0.2) is 9.67 Å². The van der Waals surface area contributed by atoms with Crippen LogP contribution in [-0.4, -0.2) is 26.0 Å². The van der Waals surface area contributed by atoms with Crippen LogP contribution in [0.15, 0.2) is 73.1 Å². The first-order valence-electron chi connectivity index (χ1n) is 11.8. The van der Waals surface area contributed by atoms with Gasteiger partial charge in [0.15, 0.2) is 5.82 Å². The summed E-state index contributed by atoms with van der Waals surface area (Å²) in [5.74, 6) is 1.31. The molecule has 4 nitrogen and oxygen atoms in total. The first-order chi connectivity index (χ1) is 17.6. The molecule has 0 saturated heterocycles. The molecule has 1 saturated carbocycles. The molecule has 0 bridgehead atoms. The van der Waals surface area contributed by atoms with E-state index in [1.165, 1.54) is 52.0 Å². The minimum atomic E-state index is -4.73. The second-order valence-electron chi connectivity index (χ2n) is 9.27. The number of nitrogens with zero attached hydrogens (tertiary/aromatic N) is 3. The number of halogens is 4. The molecule has 0 spiro atoms. The molecule has 0 N–H and O–H groups in total. The lowest BCUT2D eigenvalue weighted by Gasteiger charge is -2.09. The Kier molecular flexibility index (Phi) is 7.05. The van der Waals surface area contributed by atoms with Gasteiger partial charge in [-0.15, -0.1) is 18.3 Å². The second-order valence-corrected chi connectivity index (χ2v) is 10.3. The fraction of sp³-hybridized carbons (Fsp3) is 0.250. The summed E-state index contributed by atoms with van der Waals surface area (Å²) in [4.78, 5) is 5.43. The third-order valence-electron chi connectivity index (χ3n) is 6.53. The summed E-state index contributed by atoms with van der Waals surface area (Å²) < 4.78 is 42.5. The van der Waals surface area contributed by atoms with Crippen molar-refractivity contribution in [2.24, 2.45) is 5.92 Å². The van der Waals surface area contributed by atoms with Crippen molar-refractivity contribution in [3.8, 4) is 22.8 Å². The van der Waals surface area contributed by atoms with Crippen LogP contribution in [0.1, 0.15) is 35.4 Å². The zero-order valence-corrected chi connectivity index (χ0v) is 21.4. The van der Waals surface area contributed by atoms with Crippen molar-refractivity contribution in [2.45, 2.75) is 38.5 Å². The summed E-state index contributed by atoms with van der Waals surface area (Å²) >= 11 is 11.8. The predicted molar refractivity (Wildman–Crippen MR) is 141 cm³/mol. The van der Waals surface area contributed by atoms with Gasteiger partial charge in [0.2, 0.25) is 0 Å². The Hall–Kier alpha value is -3.23. The van der Waals surface area contributed by atoms with E-state index in [0.29, 0.717) is 23.3 Å². The lowest BCUT2D eigenvalue weighted by Crippen LogP contribution is -2.17. The molecule has 1 aromatic heterocycles. The zero-order valence-electron chi connectivity index (χ0n) is 19.9. The van der Waals surface area contributed by atoms with Crippen molar-refractivity contribution in [1.82, 2.24) is 14.8 Å². The van der Waals surface area contributed by atoms with Crippen molar-refractivity contribution >= 4 is 28.7 Å². The van der Waals surface area contributed by atoms with Crippen molar-refractivity contribution in [3.05, 3.63) is 94.8 Å². The van der Waals surface area contributed by atoms with E-state index in [9.17, 15) is 13.2 Å². The van der Waals surface area contributed by atoms with Gasteiger partial charge in [-0.05, 0) is 89.6 Å². The molecule has 1 fully saturated rings. The number of alkyl halides is 3. The normalized spacial score (nSPS) is 17.0. The number of aromatic nitrogens is 3. The number of ether oxygens (including phenoxy) is 1. The van der Waals surface area contributed by atoms with Crippen LogP contribution in [-0.2, 0) is 6.42 Å². The first kappa shape index (κ1) is 25.4. The predicted octanol–water partition coefficient (Wildman–Crippen LogP) is 7.90. The number of benzene rings is 3. The van der Waals surface area contributed by atoms with E-state index in [0.717, 1.165) is 34.7 Å². The van der Waals surface area contributed by atoms with E-state index in [2.05, 4.69) is 39.9 Å². The highest BCUT2D eigenvalue weighted by molar-refractivity contribution is 7.80. The topological polar surface area (TPSA) is 39.9 Å². The molecular formula is C28H23ClF3N3OS. The Balaban J connectivity index is 1.18. The molecule has 2 unspecified atom stereocenters. The van der Waals surface area contributed by atoms with Gasteiger partial charge < -0.3 is 4.74 Å². The Morgan fingerprint density at radius 3 is 2.49 bits per heavy atom. The summed E-state index contributed by atoms with van der Waals surface area (Å²) in [6.45, 7) is 2.06. The maximum absolute atomic E-state index is 12.4. The van der Waals surface area contributed by atoms with Crippen LogP contribution < -0.4 is 4.74 Å². The third kappa shape index (κ3) is 6.37. The second kappa shape index (κ2) is 10.3. The Morgan fingerprint density at radius 1 is 1.08 bits per heavy atom. The van der Waals surface area contributed by atoms with Gasteiger partial charge in [-0.3, -0.25) is 0 Å². The van der Waals surface area contributed by atoms with Gasteiger partial charge in [-0.1, -0.05) is 54.2 Å². The maximum atomic E-state index is 12.4. The van der Waals surface area contributed by atoms with E-state index in [1.807, 2.05) is 24.3 Å². The molecule has 4 aromatic rings. The molecule has 190 valence electrons.